The van der Waals surface area contributed by atoms with Gasteiger partial charge in [-0.15, -0.1) is 21.9 Å². The average molecular weight is 1290 g/mol. The van der Waals surface area contributed by atoms with E-state index < -0.39 is 0 Å². The van der Waals surface area contributed by atoms with Crippen molar-refractivity contribution in [2.24, 2.45) is 0 Å². The van der Waals surface area contributed by atoms with Crippen molar-refractivity contribution < 1.29 is 42.1 Å². The molecule has 14 aromatic rings. The first-order chi connectivity index (χ1) is 35.2. The summed E-state index contributed by atoms with van der Waals surface area (Å²) < 4.78 is 6.60. The standard InChI is InChI=1S/C61H32B2N8.2Pt/c1-5-17-49-39(13-1)45-31-47-41-15-3-7-19-53(41)69(59-21-9-11-27-65-59)57(47)33-51(45)62(49)37-23-25-43-44-26-24-38(30-56(44)71(55(43)29-37)61-67-35-64-36-68-61)63-50-18-6-2-14-40(50)46-32-48-42-16-4-8-20-54(42)70(58(48)34-52(46)63)60-22-10-12-28-66-60;;/h1-28,31-32,35-36H;;/q-4;2*+2. The monoisotopic (exact) mass is 1290 g/mol. The van der Waals surface area contributed by atoms with Crippen LogP contribution in [0.3, 0.4) is 0 Å². The van der Waals surface area contributed by atoms with Crippen LogP contribution in [0.15, 0.2) is 195 Å². The summed E-state index contributed by atoms with van der Waals surface area (Å²) in [6.07, 6.45) is 6.82. The Kier molecular flexibility index (Phi) is 10.1. The van der Waals surface area contributed by atoms with Gasteiger partial charge < -0.3 is 13.7 Å². The van der Waals surface area contributed by atoms with Crippen LogP contribution in [0.1, 0.15) is 0 Å². The van der Waals surface area contributed by atoms with Gasteiger partial charge in [0.2, 0.25) is 5.95 Å². The first kappa shape index (κ1) is 43.7. The average Bonchev–Trinajstić information content (AvgIpc) is 4.22. The predicted octanol–water partition coefficient (Wildman–Crippen LogP) is 8.14. The SMILES string of the molecule is [Pt+2].[Pt+2].[c-]1c(B2c3[c-]c4c(cc3-c3ccccc32)c2ccccc2n4-c2ccccn2)ccc2c3ccc(B4c5[c-]c6c(cc5-c5ccccc54)c4ccccc4n6-c4ccccn4)[c-]c3n(-c3ncncn3)c12. The molecule has 2 aliphatic rings. The molecule has 16 rings (SSSR count). The Hall–Kier alpha value is -8.02. The molecule has 0 amide bonds. The summed E-state index contributed by atoms with van der Waals surface area (Å²) >= 11 is 0. The maximum absolute atomic E-state index is 4.82. The summed E-state index contributed by atoms with van der Waals surface area (Å²) in [6, 6.07) is 76.5. The van der Waals surface area contributed by atoms with E-state index in [0.717, 1.165) is 88.1 Å². The van der Waals surface area contributed by atoms with Gasteiger partial charge in [0.05, 0.1) is 0 Å². The van der Waals surface area contributed by atoms with Crippen LogP contribution in [-0.4, -0.2) is 52.0 Å². The van der Waals surface area contributed by atoms with Crippen LogP contribution in [0.5, 0.6) is 0 Å². The van der Waals surface area contributed by atoms with Crippen molar-refractivity contribution in [1.82, 2.24) is 38.6 Å². The van der Waals surface area contributed by atoms with Crippen LogP contribution < -0.4 is 32.8 Å². The summed E-state index contributed by atoms with van der Waals surface area (Å²) in [5, 5.41) is 6.70. The van der Waals surface area contributed by atoms with E-state index >= 15 is 0 Å². The zero-order valence-electron chi connectivity index (χ0n) is 38.3. The molecule has 0 saturated carbocycles. The fourth-order valence-electron chi connectivity index (χ4n) is 12.0. The summed E-state index contributed by atoms with van der Waals surface area (Å²) in [4.78, 5) is 23.4. The van der Waals surface area contributed by atoms with Gasteiger partial charge >= 0.3 is 42.1 Å². The van der Waals surface area contributed by atoms with E-state index in [-0.39, 0.29) is 55.6 Å². The molecule has 0 fully saturated rings. The van der Waals surface area contributed by atoms with Crippen LogP contribution in [0.4, 0.5) is 0 Å². The van der Waals surface area contributed by atoms with Crippen molar-refractivity contribution in [1.29, 1.82) is 0 Å². The molecular formula is C61H32B2N8Pt2. The van der Waals surface area contributed by atoms with Gasteiger partial charge in [-0.2, -0.15) is 93.3 Å². The minimum Gasteiger partial charge on any atom is -0.328 e. The number of nitrogens with zero attached hydrogens (tertiary/aromatic N) is 8. The summed E-state index contributed by atoms with van der Waals surface area (Å²) in [6.45, 7) is -0.287. The van der Waals surface area contributed by atoms with Gasteiger partial charge in [0, 0.05) is 23.4 Å². The van der Waals surface area contributed by atoms with Crippen LogP contribution in [0.2, 0.25) is 0 Å². The van der Waals surface area contributed by atoms with Crippen molar-refractivity contribution in [2.45, 2.75) is 0 Å². The zero-order chi connectivity index (χ0) is 46.3. The Morgan fingerprint density at radius 2 is 0.795 bits per heavy atom. The first-order valence-corrected chi connectivity index (χ1v) is 23.8. The predicted molar refractivity (Wildman–Crippen MR) is 287 cm³/mol. The van der Waals surface area contributed by atoms with E-state index in [1.54, 1.807) is 12.7 Å². The first-order valence-electron chi connectivity index (χ1n) is 23.8. The molecule has 12 heteroatoms. The largest absolute Gasteiger partial charge is 2.00 e. The number of benzene rings is 8. The normalized spacial score (nSPS) is 12.4. The third-order valence-corrected chi connectivity index (χ3v) is 14.9. The van der Waals surface area contributed by atoms with E-state index in [9.17, 15) is 0 Å². The Balaban J connectivity index is 0.00000247. The van der Waals surface area contributed by atoms with Gasteiger partial charge in [-0.1, -0.05) is 141 Å². The van der Waals surface area contributed by atoms with Gasteiger partial charge in [0.25, 0.3) is 0 Å². The molecule has 0 atom stereocenters. The molecule has 6 aromatic heterocycles. The molecule has 73 heavy (non-hydrogen) atoms. The van der Waals surface area contributed by atoms with E-state index in [4.69, 9.17) is 19.9 Å². The number of rotatable bonds is 5. The van der Waals surface area contributed by atoms with E-state index in [1.165, 1.54) is 44.0 Å². The molecule has 0 N–H and O–H groups in total. The number of aromatic nitrogens is 8. The molecule has 8 heterocycles. The second-order valence-corrected chi connectivity index (χ2v) is 18.5. The molecular weight excluding hydrogens is 1260 g/mol. The second kappa shape index (κ2) is 16.8. The topological polar surface area (TPSA) is 79.2 Å². The Morgan fingerprint density at radius 3 is 1.27 bits per heavy atom. The fraction of sp³-hybridized carbons (Fsp3) is 0. The van der Waals surface area contributed by atoms with E-state index in [0.29, 0.717) is 5.95 Å². The number of pyridine rings is 2. The smallest absolute Gasteiger partial charge is 0.328 e. The maximum atomic E-state index is 4.82. The number of para-hydroxylation sites is 2. The Labute approximate surface area is 448 Å². The van der Waals surface area contributed by atoms with Crippen LogP contribution >= 0.6 is 0 Å². The van der Waals surface area contributed by atoms with Crippen molar-refractivity contribution in [3.8, 4) is 39.8 Å². The van der Waals surface area contributed by atoms with E-state index in [2.05, 4.69) is 189 Å². The molecule has 0 aliphatic carbocycles. The van der Waals surface area contributed by atoms with Gasteiger partial charge in [-0.25, -0.2) is 24.9 Å². The van der Waals surface area contributed by atoms with Gasteiger partial charge in [-0.05, 0) is 47.2 Å². The number of hydrogen-bond donors (Lipinski definition) is 0. The number of hydrogen-bond acceptors (Lipinski definition) is 5. The molecule has 8 aromatic carbocycles. The van der Waals surface area contributed by atoms with Gasteiger partial charge in [0.1, 0.15) is 24.3 Å². The molecule has 342 valence electrons. The van der Waals surface area contributed by atoms with Crippen LogP contribution in [0.25, 0.3) is 105 Å². The summed E-state index contributed by atoms with van der Waals surface area (Å²) in [5.41, 5.74) is 17.4. The van der Waals surface area contributed by atoms with Crippen molar-refractivity contribution in [2.75, 3.05) is 0 Å². The van der Waals surface area contributed by atoms with E-state index in [1.807, 2.05) is 36.7 Å². The molecule has 0 saturated heterocycles. The quantitative estimate of drug-likeness (QED) is 0.129. The third-order valence-electron chi connectivity index (χ3n) is 14.9. The zero-order valence-corrected chi connectivity index (χ0v) is 42.9. The van der Waals surface area contributed by atoms with Gasteiger partial charge in [0.15, 0.2) is 13.4 Å². The summed E-state index contributed by atoms with van der Waals surface area (Å²) in [5.74, 6) is 2.22. The Morgan fingerprint density at radius 1 is 0.356 bits per heavy atom. The van der Waals surface area contributed by atoms with Crippen molar-refractivity contribution in [3.63, 3.8) is 0 Å². The second-order valence-electron chi connectivity index (χ2n) is 18.5. The Bertz CT molecular complexity index is 4290. The molecule has 0 spiro atoms. The third kappa shape index (κ3) is 6.27. The maximum Gasteiger partial charge on any atom is 2.00 e. The van der Waals surface area contributed by atoms with Crippen LogP contribution in [-0.2, 0) is 42.1 Å². The molecule has 0 bridgehead atoms. The van der Waals surface area contributed by atoms with Gasteiger partial charge in [-0.3, -0.25) is 0 Å². The molecule has 8 nitrogen and oxygen atoms in total. The van der Waals surface area contributed by atoms with Crippen molar-refractivity contribution in [3.05, 3.63) is 219 Å². The van der Waals surface area contributed by atoms with Crippen molar-refractivity contribution >= 4 is 112 Å². The summed E-state index contributed by atoms with van der Waals surface area (Å²) in [7, 11) is 0. The fourth-order valence-corrected chi connectivity index (χ4v) is 12.0. The number of fused-ring (bicyclic) bond motifs is 15. The molecule has 0 radical (unpaired) electrons. The minimum absolute atomic E-state index is 0. The molecule has 0 unspecified atom stereocenters. The minimum atomic E-state index is -0.143. The van der Waals surface area contributed by atoms with Crippen LogP contribution in [0, 0.1) is 24.3 Å². The molecule has 2 aliphatic heterocycles.